The molecular formula is C17H23NO2. The molecule has 3 heteroatoms. The summed E-state index contributed by atoms with van der Waals surface area (Å²) in [6.07, 6.45) is 4.55. The first-order chi connectivity index (χ1) is 9.56. The zero-order chi connectivity index (χ0) is 14.5. The van der Waals surface area contributed by atoms with Crippen molar-refractivity contribution in [3.05, 3.63) is 41.0 Å². The van der Waals surface area contributed by atoms with Gasteiger partial charge in [0.25, 0.3) is 0 Å². The van der Waals surface area contributed by atoms with Crippen molar-refractivity contribution >= 4 is 12.0 Å². The van der Waals surface area contributed by atoms with E-state index in [-0.39, 0.29) is 17.9 Å². The summed E-state index contributed by atoms with van der Waals surface area (Å²) in [5.74, 6) is 0.163. The van der Waals surface area contributed by atoms with E-state index in [0.717, 1.165) is 24.8 Å². The van der Waals surface area contributed by atoms with Gasteiger partial charge in [-0.15, -0.1) is 0 Å². The predicted molar refractivity (Wildman–Crippen MR) is 81.2 cm³/mol. The highest BCUT2D eigenvalue weighted by Crippen LogP contribution is 2.24. The van der Waals surface area contributed by atoms with Gasteiger partial charge in [-0.2, -0.15) is 0 Å². The van der Waals surface area contributed by atoms with Crippen molar-refractivity contribution in [2.75, 3.05) is 6.54 Å². The van der Waals surface area contributed by atoms with Crippen LogP contribution in [0.1, 0.15) is 37.3 Å². The van der Waals surface area contributed by atoms with Crippen LogP contribution >= 0.6 is 0 Å². The van der Waals surface area contributed by atoms with E-state index < -0.39 is 0 Å². The van der Waals surface area contributed by atoms with E-state index in [1.54, 1.807) is 0 Å². The second-order valence-corrected chi connectivity index (χ2v) is 5.71. The van der Waals surface area contributed by atoms with Gasteiger partial charge in [-0.05, 0) is 38.3 Å². The van der Waals surface area contributed by atoms with Crippen LogP contribution in [-0.2, 0) is 4.79 Å². The maximum absolute atomic E-state index is 12.0. The average molecular weight is 273 g/mol. The van der Waals surface area contributed by atoms with Crippen LogP contribution in [0.5, 0.6) is 0 Å². The van der Waals surface area contributed by atoms with Crippen molar-refractivity contribution in [1.82, 2.24) is 5.32 Å². The summed E-state index contributed by atoms with van der Waals surface area (Å²) in [7, 11) is 0. The highest BCUT2D eigenvalue weighted by atomic mass is 16.3. The molecular weight excluding hydrogens is 250 g/mol. The first-order valence-electron chi connectivity index (χ1n) is 7.27. The molecule has 2 N–H and O–H groups in total. The number of hydrogen-bond acceptors (Lipinski definition) is 2. The highest BCUT2D eigenvalue weighted by molar-refractivity contribution is 5.97. The third-order valence-electron chi connectivity index (χ3n) is 3.96. The fraction of sp³-hybridized carbons (Fsp3) is 0.471. The van der Waals surface area contributed by atoms with Gasteiger partial charge in [0.2, 0.25) is 5.91 Å². The van der Waals surface area contributed by atoms with Crippen LogP contribution in [0.25, 0.3) is 6.08 Å². The summed E-state index contributed by atoms with van der Waals surface area (Å²) in [6.45, 7) is 4.43. The van der Waals surface area contributed by atoms with Gasteiger partial charge in [-0.25, -0.2) is 0 Å². The molecule has 0 bridgehead atoms. The third-order valence-corrected chi connectivity index (χ3v) is 3.96. The Morgan fingerprint density at radius 2 is 2.05 bits per heavy atom. The first-order valence-corrected chi connectivity index (χ1v) is 7.27. The molecule has 20 heavy (non-hydrogen) atoms. The Labute approximate surface area is 120 Å². The Morgan fingerprint density at radius 1 is 1.35 bits per heavy atom. The van der Waals surface area contributed by atoms with E-state index >= 15 is 0 Å². The number of nitrogens with one attached hydrogen (secondary N) is 1. The van der Waals surface area contributed by atoms with E-state index in [4.69, 9.17) is 0 Å². The molecule has 0 spiro atoms. The molecule has 1 fully saturated rings. The van der Waals surface area contributed by atoms with Crippen LogP contribution in [0.15, 0.2) is 29.8 Å². The summed E-state index contributed by atoms with van der Waals surface area (Å²) in [4.78, 5) is 12.0. The van der Waals surface area contributed by atoms with Crippen molar-refractivity contribution in [3.63, 3.8) is 0 Å². The van der Waals surface area contributed by atoms with Gasteiger partial charge in [0.05, 0.1) is 6.10 Å². The number of benzene rings is 1. The molecule has 1 aliphatic rings. The molecule has 2 atom stereocenters. The number of carbonyl (C=O) groups is 1. The third kappa shape index (κ3) is 3.94. The largest absolute Gasteiger partial charge is 0.393 e. The molecule has 0 saturated heterocycles. The van der Waals surface area contributed by atoms with Gasteiger partial charge >= 0.3 is 0 Å². The number of aryl methyl sites for hydroxylation is 1. The fourth-order valence-electron chi connectivity index (χ4n) is 2.60. The number of aliphatic hydroxyl groups excluding tert-OH is 1. The van der Waals surface area contributed by atoms with Crippen molar-refractivity contribution < 1.29 is 9.90 Å². The second-order valence-electron chi connectivity index (χ2n) is 5.71. The molecule has 2 unspecified atom stereocenters. The van der Waals surface area contributed by atoms with Crippen molar-refractivity contribution in [1.29, 1.82) is 0 Å². The van der Waals surface area contributed by atoms with Crippen LogP contribution in [-0.4, -0.2) is 23.7 Å². The SMILES string of the molecule is C/C(=C/c1ccc(C)cc1)C(=O)NCC1CCCC1O. The van der Waals surface area contributed by atoms with Crippen molar-refractivity contribution in [3.8, 4) is 0 Å². The Balaban J connectivity index is 1.89. The minimum Gasteiger partial charge on any atom is -0.393 e. The van der Waals surface area contributed by atoms with Gasteiger partial charge in [0.15, 0.2) is 0 Å². The minimum absolute atomic E-state index is 0.0512. The molecule has 1 aromatic rings. The number of rotatable bonds is 4. The summed E-state index contributed by atoms with van der Waals surface area (Å²) >= 11 is 0. The summed E-state index contributed by atoms with van der Waals surface area (Å²) in [6, 6.07) is 8.08. The van der Waals surface area contributed by atoms with Crippen molar-refractivity contribution in [2.24, 2.45) is 5.92 Å². The number of aliphatic hydroxyl groups is 1. The van der Waals surface area contributed by atoms with Crippen LogP contribution in [0.3, 0.4) is 0 Å². The van der Waals surface area contributed by atoms with Gasteiger partial charge < -0.3 is 10.4 Å². The molecule has 1 saturated carbocycles. The Kier molecular flexibility index (Phi) is 4.96. The lowest BCUT2D eigenvalue weighted by Gasteiger charge is -2.15. The zero-order valence-electron chi connectivity index (χ0n) is 12.2. The van der Waals surface area contributed by atoms with E-state index in [1.807, 2.05) is 44.2 Å². The van der Waals surface area contributed by atoms with E-state index in [2.05, 4.69) is 5.32 Å². The highest BCUT2D eigenvalue weighted by Gasteiger charge is 2.25. The quantitative estimate of drug-likeness (QED) is 0.829. The number of hydrogen-bond donors (Lipinski definition) is 2. The Morgan fingerprint density at radius 3 is 2.65 bits per heavy atom. The maximum Gasteiger partial charge on any atom is 0.246 e. The number of carbonyl (C=O) groups excluding carboxylic acids is 1. The van der Waals surface area contributed by atoms with E-state index in [9.17, 15) is 9.90 Å². The van der Waals surface area contributed by atoms with Crippen LogP contribution in [0, 0.1) is 12.8 Å². The lowest BCUT2D eigenvalue weighted by atomic mass is 10.1. The molecule has 3 nitrogen and oxygen atoms in total. The second kappa shape index (κ2) is 6.71. The molecule has 0 radical (unpaired) electrons. The minimum atomic E-state index is -0.253. The van der Waals surface area contributed by atoms with Gasteiger partial charge in [-0.3, -0.25) is 4.79 Å². The molecule has 0 aromatic heterocycles. The normalized spacial score (nSPS) is 22.9. The summed E-state index contributed by atoms with van der Waals surface area (Å²) in [5.41, 5.74) is 2.94. The molecule has 1 amide bonds. The van der Waals surface area contributed by atoms with Crippen LogP contribution in [0.4, 0.5) is 0 Å². The molecule has 0 aliphatic heterocycles. The topological polar surface area (TPSA) is 49.3 Å². The van der Waals surface area contributed by atoms with Gasteiger partial charge in [0.1, 0.15) is 0 Å². The fourth-order valence-corrected chi connectivity index (χ4v) is 2.60. The zero-order valence-corrected chi connectivity index (χ0v) is 12.2. The predicted octanol–water partition coefficient (Wildman–Crippen LogP) is 2.68. The van der Waals surface area contributed by atoms with Crippen LogP contribution in [0.2, 0.25) is 0 Å². The Hall–Kier alpha value is -1.61. The molecule has 1 aliphatic carbocycles. The lowest BCUT2D eigenvalue weighted by Crippen LogP contribution is -2.32. The standard InChI is InChI=1S/C17H23NO2/c1-12-6-8-14(9-7-12)10-13(2)17(20)18-11-15-4-3-5-16(15)19/h6-10,15-16,19H,3-5,11H2,1-2H3,(H,18,20)/b13-10-. The number of amides is 1. The first kappa shape index (κ1) is 14.8. The summed E-state index contributed by atoms with van der Waals surface area (Å²) in [5, 5.41) is 12.7. The smallest absolute Gasteiger partial charge is 0.246 e. The van der Waals surface area contributed by atoms with Gasteiger partial charge in [-0.1, -0.05) is 36.2 Å². The Bertz CT molecular complexity index is 490. The molecule has 0 heterocycles. The lowest BCUT2D eigenvalue weighted by molar-refractivity contribution is -0.117. The van der Waals surface area contributed by atoms with E-state index in [0.29, 0.717) is 12.1 Å². The van der Waals surface area contributed by atoms with E-state index in [1.165, 1.54) is 5.56 Å². The van der Waals surface area contributed by atoms with Crippen LogP contribution < -0.4 is 5.32 Å². The molecule has 2 rings (SSSR count). The van der Waals surface area contributed by atoms with Gasteiger partial charge in [0, 0.05) is 18.0 Å². The average Bonchev–Trinajstić information content (AvgIpc) is 2.84. The monoisotopic (exact) mass is 273 g/mol. The molecule has 1 aromatic carbocycles. The van der Waals surface area contributed by atoms with Crippen molar-refractivity contribution in [2.45, 2.75) is 39.2 Å². The maximum atomic E-state index is 12.0. The summed E-state index contributed by atoms with van der Waals surface area (Å²) < 4.78 is 0. The molecule has 108 valence electrons.